The Morgan fingerprint density at radius 3 is 2.81 bits per heavy atom. The molecule has 0 spiro atoms. The quantitative estimate of drug-likeness (QED) is 0.766. The number of thiophene rings is 1. The molecule has 1 aliphatic heterocycles. The number of carbonyl (C=O) groups excluding carboxylic acids is 1. The highest BCUT2D eigenvalue weighted by Gasteiger charge is 2.18. The van der Waals surface area contributed by atoms with Crippen LogP contribution in [0.2, 0.25) is 0 Å². The monoisotopic (exact) mass is 376 g/mol. The fourth-order valence-corrected chi connectivity index (χ4v) is 3.40. The van der Waals surface area contributed by atoms with E-state index in [1.807, 2.05) is 18.2 Å². The minimum absolute atomic E-state index is 0.00628. The number of nitrogens with one attached hydrogen (secondary N) is 1. The number of rotatable bonds is 8. The largest absolute Gasteiger partial charge is 0.493 e. The van der Waals surface area contributed by atoms with Crippen molar-refractivity contribution >= 4 is 17.2 Å². The molecule has 1 amide bonds. The molecule has 0 unspecified atom stereocenters. The number of hydrogen-bond acceptors (Lipinski definition) is 6. The molecular formula is C19H24N2O4S. The number of amides is 1. The lowest BCUT2D eigenvalue weighted by molar-refractivity contribution is -0.137. The third-order valence-electron chi connectivity index (χ3n) is 4.15. The van der Waals surface area contributed by atoms with Crippen molar-refractivity contribution in [2.24, 2.45) is 0 Å². The van der Waals surface area contributed by atoms with Crippen LogP contribution >= 0.6 is 11.3 Å². The van der Waals surface area contributed by atoms with Crippen LogP contribution in [0, 0.1) is 0 Å². The molecule has 3 rings (SSSR count). The van der Waals surface area contributed by atoms with Crippen LogP contribution < -0.4 is 14.8 Å². The third-order valence-corrected chi connectivity index (χ3v) is 5.03. The summed E-state index contributed by atoms with van der Waals surface area (Å²) in [4.78, 5) is 15.3. The van der Waals surface area contributed by atoms with E-state index in [0.717, 1.165) is 18.7 Å². The maximum Gasteiger partial charge on any atom is 0.260 e. The maximum atomic E-state index is 12.2. The molecule has 1 fully saturated rings. The fraction of sp³-hybridized carbons (Fsp3) is 0.421. The maximum absolute atomic E-state index is 12.2. The van der Waals surface area contributed by atoms with Crippen LogP contribution in [0.25, 0.3) is 0 Å². The van der Waals surface area contributed by atoms with Crippen LogP contribution in [0.4, 0.5) is 0 Å². The summed E-state index contributed by atoms with van der Waals surface area (Å²) >= 11 is 1.74. The molecule has 140 valence electrons. The predicted octanol–water partition coefficient (Wildman–Crippen LogP) is 2.28. The molecule has 1 aromatic heterocycles. The summed E-state index contributed by atoms with van der Waals surface area (Å²) in [6.45, 7) is 3.99. The molecule has 1 aromatic carbocycles. The summed E-state index contributed by atoms with van der Waals surface area (Å²) in [5.74, 6) is 1.18. The van der Waals surface area contributed by atoms with Gasteiger partial charge in [-0.25, -0.2) is 0 Å². The number of morpholine rings is 1. The van der Waals surface area contributed by atoms with Crippen molar-refractivity contribution in [1.82, 2.24) is 10.2 Å². The van der Waals surface area contributed by atoms with Crippen molar-refractivity contribution in [3.8, 4) is 11.5 Å². The Morgan fingerprint density at radius 1 is 1.23 bits per heavy atom. The Kier molecular flexibility index (Phi) is 6.88. The molecular weight excluding hydrogens is 352 g/mol. The summed E-state index contributed by atoms with van der Waals surface area (Å²) < 4.78 is 16.4. The second-order valence-electron chi connectivity index (χ2n) is 5.95. The zero-order chi connectivity index (χ0) is 18.2. The first-order chi connectivity index (χ1) is 12.8. The van der Waals surface area contributed by atoms with E-state index in [2.05, 4.69) is 22.8 Å². The SMILES string of the molecule is COc1cc(CNCc2cccs2)ccc1OCC(=O)N1CCOCC1. The summed E-state index contributed by atoms with van der Waals surface area (Å²) in [6.07, 6.45) is 0. The molecule has 1 saturated heterocycles. The van der Waals surface area contributed by atoms with Gasteiger partial charge >= 0.3 is 0 Å². The number of nitrogens with zero attached hydrogens (tertiary/aromatic N) is 1. The Balaban J connectivity index is 1.51. The van der Waals surface area contributed by atoms with Gasteiger partial charge in [0.15, 0.2) is 18.1 Å². The van der Waals surface area contributed by atoms with Gasteiger partial charge in [-0.1, -0.05) is 12.1 Å². The van der Waals surface area contributed by atoms with Gasteiger partial charge in [0.2, 0.25) is 0 Å². The number of benzene rings is 1. The molecule has 0 saturated carbocycles. The van der Waals surface area contributed by atoms with Gasteiger partial charge in [-0.2, -0.15) is 0 Å². The normalized spacial score (nSPS) is 14.3. The van der Waals surface area contributed by atoms with Crippen molar-refractivity contribution in [2.75, 3.05) is 40.0 Å². The molecule has 2 aromatic rings. The smallest absolute Gasteiger partial charge is 0.260 e. The van der Waals surface area contributed by atoms with E-state index in [1.54, 1.807) is 23.3 Å². The van der Waals surface area contributed by atoms with Crippen molar-refractivity contribution in [3.05, 3.63) is 46.2 Å². The second-order valence-corrected chi connectivity index (χ2v) is 6.98. The second kappa shape index (κ2) is 9.56. The van der Waals surface area contributed by atoms with E-state index in [0.29, 0.717) is 37.8 Å². The molecule has 0 bridgehead atoms. The standard InChI is InChI=1S/C19H24N2O4S/c1-23-18-11-15(12-20-13-16-3-2-10-26-16)4-5-17(18)25-14-19(22)21-6-8-24-9-7-21/h2-5,10-11,20H,6-9,12-14H2,1H3. The number of ether oxygens (including phenoxy) is 3. The number of hydrogen-bond donors (Lipinski definition) is 1. The van der Waals surface area contributed by atoms with Gasteiger partial charge in [0.05, 0.1) is 20.3 Å². The minimum Gasteiger partial charge on any atom is -0.493 e. The van der Waals surface area contributed by atoms with E-state index < -0.39 is 0 Å². The fourth-order valence-electron chi connectivity index (χ4n) is 2.73. The van der Waals surface area contributed by atoms with Crippen LogP contribution in [-0.4, -0.2) is 50.8 Å². The van der Waals surface area contributed by atoms with Gasteiger partial charge in [-0.05, 0) is 29.1 Å². The van der Waals surface area contributed by atoms with E-state index in [9.17, 15) is 4.79 Å². The third kappa shape index (κ3) is 5.20. The average molecular weight is 376 g/mol. The Morgan fingerprint density at radius 2 is 2.08 bits per heavy atom. The lowest BCUT2D eigenvalue weighted by Gasteiger charge is -2.26. The van der Waals surface area contributed by atoms with Crippen molar-refractivity contribution in [2.45, 2.75) is 13.1 Å². The van der Waals surface area contributed by atoms with Crippen molar-refractivity contribution < 1.29 is 19.0 Å². The number of carbonyl (C=O) groups is 1. The Hall–Kier alpha value is -2.09. The van der Waals surface area contributed by atoms with Crippen molar-refractivity contribution in [1.29, 1.82) is 0 Å². The molecule has 1 aliphatic rings. The first kappa shape index (κ1) is 18.7. The van der Waals surface area contributed by atoms with Crippen LogP contribution in [0.5, 0.6) is 11.5 Å². The van der Waals surface area contributed by atoms with Gasteiger partial charge in [-0.3, -0.25) is 4.79 Å². The zero-order valence-electron chi connectivity index (χ0n) is 14.9. The molecule has 7 heteroatoms. The summed E-state index contributed by atoms with van der Waals surface area (Å²) in [7, 11) is 1.61. The lowest BCUT2D eigenvalue weighted by Crippen LogP contribution is -2.43. The van der Waals surface area contributed by atoms with Crippen LogP contribution in [-0.2, 0) is 22.6 Å². The Bertz CT molecular complexity index is 700. The highest BCUT2D eigenvalue weighted by molar-refractivity contribution is 7.09. The molecule has 6 nitrogen and oxygen atoms in total. The average Bonchev–Trinajstić information content (AvgIpc) is 3.20. The molecule has 26 heavy (non-hydrogen) atoms. The van der Waals surface area contributed by atoms with Crippen LogP contribution in [0.1, 0.15) is 10.4 Å². The molecule has 0 atom stereocenters. The molecule has 0 radical (unpaired) electrons. The van der Waals surface area contributed by atoms with Gasteiger partial charge in [0, 0.05) is 31.1 Å². The van der Waals surface area contributed by atoms with Crippen LogP contribution in [0.15, 0.2) is 35.7 Å². The van der Waals surface area contributed by atoms with Gasteiger partial charge in [0.1, 0.15) is 0 Å². The van der Waals surface area contributed by atoms with Gasteiger partial charge < -0.3 is 24.4 Å². The van der Waals surface area contributed by atoms with Gasteiger partial charge in [-0.15, -0.1) is 11.3 Å². The van der Waals surface area contributed by atoms with E-state index in [-0.39, 0.29) is 12.5 Å². The highest BCUT2D eigenvalue weighted by Crippen LogP contribution is 2.28. The lowest BCUT2D eigenvalue weighted by atomic mass is 10.2. The zero-order valence-corrected chi connectivity index (χ0v) is 15.7. The van der Waals surface area contributed by atoms with E-state index in [4.69, 9.17) is 14.2 Å². The summed E-state index contributed by atoms with van der Waals surface area (Å²) in [5.41, 5.74) is 1.10. The molecule has 2 heterocycles. The minimum atomic E-state index is -0.0305. The first-order valence-electron chi connectivity index (χ1n) is 8.64. The topological polar surface area (TPSA) is 60.0 Å². The van der Waals surface area contributed by atoms with E-state index >= 15 is 0 Å². The predicted molar refractivity (Wildman–Crippen MR) is 101 cm³/mol. The first-order valence-corrected chi connectivity index (χ1v) is 9.52. The Labute approximate surface area is 157 Å². The highest BCUT2D eigenvalue weighted by atomic mass is 32.1. The van der Waals surface area contributed by atoms with E-state index in [1.165, 1.54) is 4.88 Å². The van der Waals surface area contributed by atoms with Gasteiger partial charge in [0.25, 0.3) is 5.91 Å². The van der Waals surface area contributed by atoms with Crippen molar-refractivity contribution in [3.63, 3.8) is 0 Å². The molecule has 1 N–H and O–H groups in total. The number of methoxy groups -OCH3 is 1. The molecule has 0 aliphatic carbocycles. The summed E-state index contributed by atoms with van der Waals surface area (Å²) in [5, 5.41) is 5.48. The summed E-state index contributed by atoms with van der Waals surface area (Å²) in [6, 6.07) is 9.94. The van der Waals surface area contributed by atoms with Crippen LogP contribution in [0.3, 0.4) is 0 Å².